The molecule has 2 N–H and O–H groups in total. The Kier molecular flexibility index (Phi) is 5.00. The minimum atomic E-state index is -0.195. The van der Waals surface area contributed by atoms with Crippen molar-refractivity contribution in [3.05, 3.63) is 53.6 Å². The molecule has 2 aromatic carbocycles. The molecule has 3 rings (SSSR count). The second-order valence-electron chi connectivity index (χ2n) is 5.50. The van der Waals surface area contributed by atoms with Crippen LogP contribution in [0, 0.1) is 11.8 Å². The van der Waals surface area contributed by atoms with Crippen molar-refractivity contribution in [2.75, 3.05) is 11.9 Å². The molecule has 1 aromatic heterocycles. The number of nitrogens with one attached hydrogen (secondary N) is 2. The number of aromatic nitrogens is 2. The first-order valence-corrected chi connectivity index (χ1v) is 8.12. The molecule has 3 aromatic rings. The van der Waals surface area contributed by atoms with Crippen LogP contribution in [0.4, 0.5) is 5.82 Å². The molecule has 0 aliphatic heterocycles. The molecule has 25 heavy (non-hydrogen) atoms. The van der Waals surface area contributed by atoms with E-state index in [4.69, 9.17) is 4.74 Å². The summed E-state index contributed by atoms with van der Waals surface area (Å²) in [5.74, 6) is 6.60. The van der Waals surface area contributed by atoms with Crippen molar-refractivity contribution in [2.24, 2.45) is 0 Å². The van der Waals surface area contributed by atoms with E-state index >= 15 is 0 Å². The fraction of sp³-hybridized carbons (Fsp3) is 0.200. The van der Waals surface area contributed by atoms with Crippen LogP contribution in [0.1, 0.15) is 29.8 Å². The summed E-state index contributed by atoms with van der Waals surface area (Å²) in [5.41, 5.74) is 2.61. The Morgan fingerprint density at radius 3 is 2.76 bits per heavy atom. The van der Waals surface area contributed by atoms with Crippen LogP contribution in [-0.4, -0.2) is 22.7 Å². The van der Waals surface area contributed by atoms with E-state index in [1.54, 1.807) is 6.92 Å². The van der Waals surface area contributed by atoms with Gasteiger partial charge >= 0.3 is 0 Å². The van der Waals surface area contributed by atoms with E-state index in [1.807, 2.05) is 42.5 Å². The zero-order chi connectivity index (χ0) is 17.6. The summed E-state index contributed by atoms with van der Waals surface area (Å²) in [5, 5.41) is 10.7. The van der Waals surface area contributed by atoms with Crippen LogP contribution in [-0.2, 0) is 6.42 Å². The zero-order valence-electron chi connectivity index (χ0n) is 14.2. The van der Waals surface area contributed by atoms with Crippen molar-refractivity contribution in [3.8, 4) is 17.6 Å². The highest BCUT2D eigenvalue weighted by Crippen LogP contribution is 2.25. The number of ether oxygens (including phenoxy) is 1. The van der Waals surface area contributed by atoms with Gasteiger partial charge in [-0.2, -0.15) is 5.10 Å². The molecule has 0 radical (unpaired) electrons. The zero-order valence-corrected chi connectivity index (χ0v) is 14.2. The standard InChI is InChI=1S/C20H19N3O2/c1-3-5-12-25-16-10-11-18-17(13-16)19(23-22-18)21-20(24)15-8-6-14(4-2)7-9-15/h6-11,13H,4,12H2,1-2H3,(H2,21,22,23,24). The maximum atomic E-state index is 12.4. The third-order valence-corrected chi connectivity index (χ3v) is 3.88. The second-order valence-corrected chi connectivity index (χ2v) is 5.50. The lowest BCUT2D eigenvalue weighted by atomic mass is 10.1. The first-order chi connectivity index (χ1) is 12.2. The number of rotatable bonds is 5. The van der Waals surface area contributed by atoms with Gasteiger partial charge in [0.1, 0.15) is 12.4 Å². The predicted octanol–water partition coefficient (Wildman–Crippen LogP) is 3.78. The minimum absolute atomic E-state index is 0.195. The quantitative estimate of drug-likeness (QED) is 0.698. The van der Waals surface area contributed by atoms with Gasteiger partial charge in [0.05, 0.1) is 5.52 Å². The third-order valence-electron chi connectivity index (χ3n) is 3.88. The Bertz CT molecular complexity index is 946. The Hall–Kier alpha value is -3.26. The van der Waals surface area contributed by atoms with E-state index in [-0.39, 0.29) is 5.91 Å². The van der Waals surface area contributed by atoms with Crippen LogP contribution in [0.5, 0.6) is 5.75 Å². The van der Waals surface area contributed by atoms with Gasteiger partial charge in [-0.05, 0) is 49.2 Å². The van der Waals surface area contributed by atoms with Gasteiger partial charge < -0.3 is 10.1 Å². The maximum Gasteiger partial charge on any atom is 0.256 e. The average Bonchev–Trinajstić information content (AvgIpc) is 3.04. The average molecular weight is 333 g/mol. The van der Waals surface area contributed by atoms with E-state index in [2.05, 4.69) is 34.3 Å². The van der Waals surface area contributed by atoms with Crippen LogP contribution < -0.4 is 10.1 Å². The largest absolute Gasteiger partial charge is 0.481 e. The predicted molar refractivity (Wildman–Crippen MR) is 98.8 cm³/mol. The molecule has 0 atom stereocenters. The van der Waals surface area contributed by atoms with E-state index in [1.165, 1.54) is 5.56 Å². The number of fused-ring (bicyclic) bond motifs is 1. The van der Waals surface area contributed by atoms with E-state index in [0.717, 1.165) is 17.3 Å². The lowest BCUT2D eigenvalue weighted by molar-refractivity contribution is 0.102. The van der Waals surface area contributed by atoms with Gasteiger partial charge in [-0.25, -0.2) is 0 Å². The van der Waals surface area contributed by atoms with Gasteiger partial charge in [-0.15, -0.1) is 5.92 Å². The highest BCUT2D eigenvalue weighted by atomic mass is 16.5. The number of hydrogen-bond acceptors (Lipinski definition) is 3. The van der Waals surface area contributed by atoms with E-state index < -0.39 is 0 Å². The molecule has 126 valence electrons. The first-order valence-electron chi connectivity index (χ1n) is 8.12. The minimum Gasteiger partial charge on any atom is -0.481 e. The highest BCUT2D eigenvalue weighted by Gasteiger charge is 2.12. The van der Waals surface area contributed by atoms with Crippen LogP contribution in [0.2, 0.25) is 0 Å². The van der Waals surface area contributed by atoms with E-state index in [0.29, 0.717) is 23.7 Å². The number of carbonyl (C=O) groups is 1. The van der Waals surface area contributed by atoms with Gasteiger partial charge in [-0.1, -0.05) is 25.0 Å². The molecule has 0 aliphatic rings. The number of nitrogens with zero attached hydrogens (tertiary/aromatic N) is 1. The lowest BCUT2D eigenvalue weighted by Crippen LogP contribution is -2.12. The summed E-state index contributed by atoms with van der Waals surface area (Å²) >= 11 is 0. The number of H-pyrrole nitrogens is 1. The summed E-state index contributed by atoms with van der Waals surface area (Å²) < 4.78 is 5.57. The van der Waals surface area contributed by atoms with Crippen LogP contribution in [0.15, 0.2) is 42.5 Å². The molecule has 0 spiro atoms. The number of amides is 1. The van der Waals surface area contributed by atoms with E-state index in [9.17, 15) is 4.79 Å². The maximum absolute atomic E-state index is 12.4. The number of aromatic amines is 1. The smallest absolute Gasteiger partial charge is 0.256 e. The fourth-order valence-electron chi connectivity index (χ4n) is 2.44. The third kappa shape index (κ3) is 3.81. The van der Waals surface area contributed by atoms with Crippen LogP contribution >= 0.6 is 0 Å². The Labute approximate surface area is 146 Å². The monoisotopic (exact) mass is 333 g/mol. The molecule has 1 amide bonds. The molecule has 0 saturated heterocycles. The van der Waals surface area contributed by atoms with Gasteiger partial charge in [0.15, 0.2) is 5.82 Å². The number of aryl methyl sites for hydroxylation is 1. The summed E-state index contributed by atoms with van der Waals surface area (Å²) in [7, 11) is 0. The number of carbonyl (C=O) groups excluding carboxylic acids is 1. The van der Waals surface area contributed by atoms with Crippen molar-refractivity contribution in [1.29, 1.82) is 0 Å². The molecular formula is C20H19N3O2. The van der Waals surface area contributed by atoms with Crippen molar-refractivity contribution in [3.63, 3.8) is 0 Å². The normalized spacial score (nSPS) is 10.2. The summed E-state index contributed by atoms with van der Waals surface area (Å²) in [6.07, 6.45) is 0.942. The highest BCUT2D eigenvalue weighted by molar-refractivity contribution is 6.08. The molecule has 0 aliphatic carbocycles. The number of anilines is 1. The summed E-state index contributed by atoms with van der Waals surface area (Å²) in [6.45, 7) is 4.17. The van der Waals surface area contributed by atoms with Gasteiger partial charge in [0.2, 0.25) is 0 Å². The SMILES string of the molecule is CC#CCOc1ccc2[nH]nc(NC(=O)c3ccc(CC)cc3)c2c1. The van der Waals surface area contributed by atoms with Crippen molar-refractivity contribution < 1.29 is 9.53 Å². The summed E-state index contributed by atoms with van der Waals surface area (Å²) in [6, 6.07) is 13.1. The molecule has 0 fully saturated rings. The molecular weight excluding hydrogens is 314 g/mol. The van der Waals surface area contributed by atoms with Gasteiger partial charge in [-0.3, -0.25) is 9.89 Å². The molecule has 5 nitrogen and oxygen atoms in total. The van der Waals surface area contributed by atoms with Gasteiger partial charge in [0, 0.05) is 10.9 Å². The van der Waals surface area contributed by atoms with Crippen molar-refractivity contribution in [1.82, 2.24) is 10.2 Å². The lowest BCUT2D eigenvalue weighted by Gasteiger charge is -2.05. The molecule has 1 heterocycles. The van der Waals surface area contributed by atoms with Crippen molar-refractivity contribution >= 4 is 22.6 Å². The fourth-order valence-corrected chi connectivity index (χ4v) is 2.44. The molecule has 0 unspecified atom stereocenters. The Morgan fingerprint density at radius 2 is 2.04 bits per heavy atom. The number of hydrogen-bond donors (Lipinski definition) is 2. The number of benzene rings is 2. The molecule has 0 saturated carbocycles. The van der Waals surface area contributed by atoms with Gasteiger partial charge in [0.25, 0.3) is 5.91 Å². The van der Waals surface area contributed by atoms with Crippen LogP contribution in [0.25, 0.3) is 10.9 Å². The topological polar surface area (TPSA) is 67.0 Å². The Balaban J connectivity index is 1.80. The second kappa shape index (κ2) is 7.54. The summed E-state index contributed by atoms with van der Waals surface area (Å²) in [4.78, 5) is 12.4. The molecule has 5 heteroatoms. The van der Waals surface area contributed by atoms with Crippen molar-refractivity contribution in [2.45, 2.75) is 20.3 Å². The molecule has 0 bridgehead atoms. The first kappa shape index (κ1) is 16.6. The van der Waals surface area contributed by atoms with Crippen LogP contribution in [0.3, 0.4) is 0 Å². The Morgan fingerprint density at radius 1 is 1.24 bits per heavy atom.